The van der Waals surface area contributed by atoms with Gasteiger partial charge in [-0.25, -0.2) is 4.39 Å². The van der Waals surface area contributed by atoms with Gasteiger partial charge in [-0.05, 0) is 38.0 Å². The van der Waals surface area contributed by atoms with Gasteiger partial charge < -0.3 is 4.74 Å². The van der Waals surface area contributed by atoms with Gasteiger partial charge in [0.1, 0.15) is 11.6 Å². The number of Topliss-reactive ketones (excluding diaryl/α,β-unsaturated/α-hetero) is 1. The molecule has 0 aliphatic carbocycles. The number of rotatable bonds is 6. The Hall–Kier alpha value is -1.22. The van der Waals surface area contributed by atoms with Crippen LogP contribution in [0.5, 0.6) is 0 Å². The molecular weight excluding hydrogens is 219 g/mol. The Labute approximate surface area is 102 Å². The minimum absolute atomic E-state index is 0.154. The first-order valence-electron chi connectivity index (χ1n) is 5.74. The first kappa shape index (κ1) is 13.8. The van der Waals surface area contributed by atoms with E-state index in [4.69, 9.17) is 4.74 Å². The summed E-state index contributed by atoms with van der Waals surface area (Å²) in [6.45, 7) is 3.91. The number of methoxy groups -OCH3 is 1. The fourth-order valence-corrected chi connectivity index (χ4v) is 1.46. The molecule has 0 atom stereocenters. The van der Waals surface area contributed by atoms with Crippen LogP contribution in [0.15, 0.2) is 24.3 Å². The summed E-state index contributed by atoms with van der Waals surface area (Å²) in [5.74, 6) is -0.122. The highest BCUT2D eigenvalue weighted by Gasteiger charge is 2.17. The maximum atomic E-state index is 12.7. The lowest BCUT2D eigenvalue weighted by Crippen LogP contribution is -2.23. The van der Waals surface area contributed by atoms with Gasteiger partial charge in [0.25, 0.3) is 0 Å². The molecule has 0 aliphatic rings. The van der Waals surface area contributed by atoms with Crippen molar-refractivity contribution < 1.29 is 13.9 Å². The number of hydrogen-bond acceptors (Lipinski definition) is 2. The van der Waals surface area contributed by atoms with E-state index in [0.29, 0.717) is 19.3 Å². The average molecular weight is 238 g/mol. The molecule has 0 spiro atoms. The molecule has 1 aromatic carbocycles. The van der Waals surface area contributed by atoms with Gasteiger partial charge in [0, 0.05) is 20.0 Å². The first-order valence-corrected chi connectivity index (χ1v) is 5.74. The number of hydrogen-bond donors (Lipinski definition) is 0. The summed E-state index contributed by atoms with van der Waals surface area (Å²) in [5, 5.41) is 0. The van der Waals surface area contributed by atoms with Crippen molar-refractivity contribution in [3.63, 3.8) is 0 Å². The molecule has 0 saturated heterocycles. The van der Waals surface area contributed by atoms with Crippen LogP contribution in [0.2, 0.25) is 0 Å². The summed E-state index contributed by atoms with van der Waals surface area (Å²) in [6, 6.07) is 6.05. The Morgan fingerprint density at radius 3 is 2.41 bits per heavy atom. The van der Waals surface area contributed by atoms with Crippen LogP contribution in [0.3, 0.4) is 0 Å². The largest absolute Gasteiger partial charge is 0.379 e. The predicted molar refractivity (Wildman–Crippen MR) is 65.4 cm³/mol. The molecule has 0 heterocycles. The molecule has 2 nitrogen and oxygen atoms in total. The maximum absolute atomic E-state index is 12.7. The van der Waals surface area contributed by atoms with Gasteiger partial charge in [0.2, 0.25) is 0 Å². The van der Waals surface area contributed by atoms with Gasteiger partial charge in [-0.2, -0.15) is 0 Å². The zero-order chi connectivity index (χ0) is 12.9. The van der Waals surface area contributed by atoms with Crippen LogP contribution in [0.25, 0.3) is 0 Å². The number of halogens is 1. The van der Waals surface area contributed by atoms with Crippen LogP contribution in [0.4, 0.5) is 4.39 Å². The molecule has 0 bridgehead atoms. The van der Waals surface area contributed by atoms with E-state index in [1.165, 1.54) is 12.1 Å². The topological polar surface area (TPSA) is 26.3 Å². The van der Waals surface area contributed by atoms with Crippen LogP contribution < -0.4 is 0 Å². The second kappa shape index (κ2) is 5.92. The van der Waals surface area contributed by atoms with E-state index < -0.39 is 0 Å². The van der Waals surface area contributed by atoms with Gasteiger partial charge >= 0.3 is 0 Å². The van der Waals surface area contributed by atoms with Crippen molar-refractivity contribution in [3.05, 3.63) is 35.6 Å². The molecule has 0 aromatic heterocycles. The summed E-state index contributed by atoms with van der Waals surface area (Å²) in [4.78, 5) is 11.7. The smallest absolute Gasteiger partial charge is 0.137 e. The molecule has 17 heavy (non-hydrogen) atoms. The average Bonchev–Trinajstić information content (AvgIpc) is 2.30. The molecule has 94 valence electrons. The lowest BCUT2D eigenvalue weighted by atomic mass is 9.98. The lowest BCUT2D eigenvalue weighted by molar-refractivity contribution is -0.119. The van der Waals surface area contributed by atoms with E-state index in [2.05, 4.69) is 0 Å². The molecule has 0 aliphatic heterocycles. The van der Waals surface area contributed by atoms with E-state index in [1.807, 2.05) is 13.8 Å². The van der Waals surface area contributed by atoms with Gasteiger partial charge in [0.15, 0.2) is 0 Å². The zero-order valence-electron chi connectivity index (χ0n) is 10.6. The molecule has 0 amide bonds. The Balaban J connectivity index is 2.42. The molecule has 0 saturated carbocycles. The van der Waals surface area contributed by atoms with Crippen molar-refractivity contribution in [2.45, 2.75) is 38.7 Å². The fourth-order valence-electron chi connectivity index (χ4n) is 1.46. The SMILES string of the molecule is COC(C)(C)CCC(=O)Cc1ccc(F)cc1. The summed E-state index contributed by atoms with van der Waals surface area (Å²) in [6.07, 6.45) is 1.54. The summed E-state index contributed by atoms with van der Waals surface area (Å²) in [7, 11) is 1.64. The van der Waals surface area contributed by atoms with Crippen LogP contribution in [0, 0.1) is 5.82 Å². The van der Waals surface area contributed by atoms with E-state index in [-0.39, 0.29) is 17.2 Å². The summed E-state index contributed by atoms with van der Waals surface area (Å²) < 4.78 is 17.9. The van der Waals surface area contributed by atoms with E-state index >= 15 is 0 Å². The Morgan fingerprint density at radius 1 is 1.29 bits per heavy atom. The highest BCUT2D eigenvalue weighted by molar-refractivity contribution is 5.80. The second-order valence-electron chi connectivity index (χ2n) is 4.81. The monoisotopic (exact) mass is 238 g/mol. The Morgan fingerprint density at radius 2 is 1.88 bits per heavy atom. The highest BCUT2D eigenvalue weighted by atomic mass is 19.1. The molecule has 0 fully saturated rings. The quantitative estimate of drug-likeness (QED) is 0.761. The fraction of sp³-hybridized carbons (Fsp3) is 0.500. The Bertz CT molecular complexity index is 368. The minimum Gasteiger partial charge on any atom is -0.379 e. The van der Waals surface area contributed by atoms with E-state index in [9.17, 15) is 9.18 Å². The number of carbonyl (C=O) groups excluding carboxylic acids is 1. The van der Waals surface area contributed by atoms with Crippen molar-refractivity contribution >= 4 is 5.78 Å². The van der Waals surface area contributed by atoms with Gasteiger partial charge in [-0.1, -0.05) is 12.1 Å². The van der Waals surface area contributed by atoms with Crippen LogP contribution in [0.1, 0.15) is 32.3 Å². The van der Waals surface area contributed by atoms with Crippen molar-refractivity contribution in [1.82, 2.24) is 0 Å². The molecule has 1 aromatic rings. The molecule has 1 rings (SSSR count). The van der Waals surface area contributed by atoms with Crippen molar-refractivity contribution in [3.8, 4) is 0 Å². The maximum Gasteiger partial charge on any atom is 0.137 e. The van der Waals surface area contributed by atoms with Gasteiger partial charge in [0.05, 0.1) is 5.60 Å². The van der Waals surface area contributed by atoms with E-state index in [0.717, 1.165) is 5.56 Å². The third kappa shape index (κ3) is 5.09. The van der Waals surface area contributed by atoms with Crippen LogP contribution in [-0.4, -0.2) is 18.5 Å². The van der Waals surface area contributed by atoms with Crippen LogP contribution in [-0.2, 0) is 16.0 Å². The van der Waals surface area contributed by atoms with Crippen molar-refractivity contribution in [1.29, 1.82) is 0 Å². The number of benzene rings is 1. The molecule has 0 radical (unpaired) electrons. The molecule has 3 heteroatoms. The third-order valence-electron chi connectivity index (χ3n) is 2.87. The predicted octanol–water partition coefficient (Wildman–Crippen LogP) is 3.14. The first-order chi connectivity index (χ1) is 7.93. The van der Waals surface area contributed by atoms with Crippen LogP contribution >= 0.6 is 0 Å². The number of ketones is 1. The number of carbonyl (C=O) groups is 1. The zero-order valence-corrected chi connectivity index (χ0v) is 10.6. The van der Waals surface area contributed by atoms with E-state index in [1.54, 1.807) is 19.2 Å². The normalized spacial score (nSPS) is 11.5. The molecule has 0 N–H and O–H groups in total. The lowest BCUT2D eigenvalue weighted by Gasteiger charge is -2.22. The minimum atomic E-state index is -0.276. The molecular formula is C14H19FO2. The third-order valence-corrected chi connectivity index (χ3v) is 2.87. The standard InChI is InChI=1S/C14H19FO2/c1-14(2,17-3)9-8-13(16)10-11-4-6-12(15)7-5-11/h4-7H,8-10H2,1-3H3. The molecule has 0 unspecified atom stereocenters. The second-order valence-corrected chi connectivity index (χ2v) is 4.81. The highest BCUT2D eigenvalue weighted by Crippen LogP contribution is 2.16. The van der Waals surface area contributed by atoms with Gasteiger partial charge in [-0.3, -0.25) is 4.79 Å². The Kier molecular flexibility index (Phi) is 4.82. The number of ether oxygens (including phenoxy) is 1. The summed E-state index contributed by atoms with van der Waals surface area (Å²) in [5.41, 5.74) is 0.588. The van der Waals surface area contributed by atoms with Gasteiger partial charge in [-0.15, -0.1) is 0 Å². The van der Waals surface area contributed by atoms with Crippen molar-refractivity contribution in [2.75, 3.05) is 7.11 Å². The van der Waals surface area contributed by atoms with Crippen molar-refractivity contribution in [2.24, 2.45) is 0 Å². The summed E-state index contributed by atoms with van der Waals surface area (Å²) >= 11 is 0.